The van der Waals surface area contributed by atoms with Crippen LogP contribution in [0.2, 0.25) is 0 Å². The molecular formula is C18H30N2O3S. The SMILES string of the molecule is CCN(CCS(=O)(=O)c1cc(C)ccc1C)CC(=O)NC(C)(C)C. The van der Waals surface area contributed by atoms with Crippen molar-refractivity contribution in [2.75, 3.05) is 25.4 Å². The number of benzene rings is 1. The van der Waals surface area contributed by atoms with Crippen LogP contribution in [0.1, 0.15) is 38.8 Å². The fourth-order valence-electron chi connectivity index (χ4n) is 2.41. The molecule has 0 spiro atoms. The Hall–Kier alpha value is -1.40. The Morgan fingerprint density at radius 2 is 1.83 bits per heavy atom. The normalized spacial score (nSPS) is 12.5. The predicted octanol–water partition coefficient (Wildman–Crippen LogP) is 2.31. The van der Waals surface area contributed by atoms with Crippen molar-refractivity contribution in [3.05, 3.63) is 29.3 Å². The first kappa shape index (κ1) is 20.6. The molecule has 0 aromatic heterocycles. The summed E-state index contributed by atoms with van der Waals surface area (Å²) in [5.41, 5.74) is 1.39. The van der Waals surface area contributed by atoms with E-state index in [-0.39, 0.29) is 23.7 Å². The van der Waals surface area contributed by atoms with Gasteiger partial charge in [-0.1, -0.05) is 19.1 Å². The van der Waals surface area contributed by atoms with E-state index in [1.54, 1.807) is 13.0 Å². The van der Waals surface area contributed by atoms with Crippen LogP contribution in [0.15, 0.2) is 23.1 Å². The molecule has 0 heterocycles. The molecule has 1 aromatic carbocycles. The summed E-state index contributed by atoms with van der Waals surface area (Å²) in [6.45, 7) is 12.5. The molecule has 1 amide bonds. The van der Waals surface area contributed by atoms with Gasteiger partial charge in [-0.3, -0.25) is 9.69 Å². The summed E-state index contributed by atoms with van der Waals surface area (Å²) >= 11 is 0. The van der Waals surface area contributed by atoms with Crippen molar-refractivity contribution in [3.8, 4) is 0 Å². The monoisotopic (exact) mass is 354 g/mol. The Morgan fingerprint density at radius 1 is 1.21 bits per heavy atom. The van der Waals surface area contributed by atoms with E-state index in [1.807, 2.05) is 51.7 Å². The topological polar surface area (TPSA) is 66.5 Å². The lowest BCUT2D eigenvalue weighted by atomic mass is 10.1. The minimum atomic E-state index is -3.36. The summed E-state index contributed by atoms with van der Waals surface area (Å²) in [6, 6.07) is 5.45. The first-order valence-electron chi connectivity index (χ1n) is 8.28. The lowest BCUT2D eigenvalue weighted by Crippen LogP contribution is -2.46. The average Bonchev–Trinajstić information content (AvgIpc) is 2.44. The second-order valence-corrected chi connectivity index (χ2v) is 9.33. The fraction of sp³-hybridized carbons (Fsp3) is 0.611. The molecule has 0 aliphatic heterocycles. The summed E-state index contributed by atoms with van der Waals surface area (Å²) < 4.78 is 25.2. The number of hydrogen-bond donors (Lipinski definition) is 1. The Morgan fingerprint density at radius 3 is 2.38 bits per heavy atom. The quantitative estimate of drug-likeness (QED) is 0.816. The van der Waals surface area contributed by atoms with E-state index in [1.165, 1.54) is 0 Å². The van der Waals surface area contributed by atoms with Crippen LogP contribution < -0.4 is 5.32 Å². The summed E-state index contributed by atoms with van der Waals surface area (Å²) in [5.74, 6) is -0.0815. The molecule has 1 rings (SSSR count). The number of carbonyl (C=O) groups is 1. The number of aryl methyl sites for hydroxylation is 2. The Labute approximate surface area is 146 Å². The molecule has 24 heavy (non-hydrogen) atoms. The molecule has 1 aromatic rings. The number of rotatable bonds is 7. The number of likely N-dealkylation sites (N-methyl/N-ethyl adjacent to an activating group) is 1. The standard InChI is InChI=1S/C18H30N2O3S/c1-7-20(13-17(21)19-18(4,5)6)10-11-24(22,23)16-12-14(2)8-9-15(16)3/h8-9,12H,7,10-11,13H2,1-6H3,(H,19,21). The molecule has 0 aliphatic carbocycles. The van der Waals surface area contributed by atoms with Crippen LogP contribution in [0.3, 0.4) is 0 Å². The zero-order valence-corrected chi connectivity index (χ0v) is 16.5. The van der Waals surface area contributed by atoms with E-state index < -0.39 is 9.84 Å². The minimum Gasteiger partial charge on any atom is -0.350 e. The van der Waals surface area contributed by atoms with Gasteiger partial charge in [0, 0.05) is 12.1 Å². The molecule has 0 radical (unpaired) electrons. The Balaban J connectivity index is 2.74. The van der Waals surface area contributed by atoms with Crippen LogP contribution in [0.5, 0.6) is 0 Å². The van der Waals surface area contributed by atoms with Gasteiger partial charge in [0.2, 0.25) is 5.91 Å². The van der Waals surface area contributed by atoms with Gasteiger partial charge >= 0.3 is 0 Å². The summed E-state index contributed by atoms with van der Waals surface area (Å²) in [4.78, 5) is 14.3. The maximum absolute atomic E-state index is 12.6. The zero-order valence-electron chi connectivity index (χ0n) is 15.6. The van der Waals surface area contributed by atoms with Gasteiger partial charge in [-0.05, 0) is 58.4 Å². The second-order valence-electron chi connectivity index (χ2n) is 7.25. The summed E-state index contributed by atoms with van der Waals surface area (Å²) in [5, 5.41) is 2.90. The average molecular weight is 355 g/mol. The molecule has 6 heteroatoms. The highest BCUT2D eigenvalue weighted by Crippen LogP contribution is 2.18. The number of hydrogen-bond acceptors (Lipinski definition) is 4. The molecule has 5 nitrogen and oxygen atoms in total. The number of sulfone groups is 1. The second kappa shape index (κ2) is 8.12. The molecule has 0 aliphatic rings. The number of amides is 1. The smallest absolute Gasteiger partial charge is 0.234 e. The van der Waals surface area contributed by atoms with Crippen molar-refractivity contribution >= 4 is 15.7 Å². The van der Waals surface area contributed by atoms with Crippen molar-refractivity contribution in [2.24, 2.45) is 0 Å². The van der Waals surface area contributed by atoms with Gasteiger partial charge in [0.25, 0.3) is 0 Å². The molecule has 136 valence electrons. The van der Waals surface area contributed by atoms with Gasteiger partial charge in [0.1, 0.15) is 0 Å². The van der Waals surface area contributed by atoms with Crippen LogP contribution in [-0.2, 0) is 14.6 Å². The molecule has 0 unspecified atom stereocenters. The van der Waals surface area contributed by atoms with Crippen LogP contribution in [-0.4, -0.2) is 50.2 Å². The van der Waals surface area contributed by atoms with Crippen LogP contribution in [0.4, 0.5) is 0 Å². The van der Waals surface area contributed by atoms with E-state index in [4.69, 9.17) is 0 Å². The van der Waals surface area contributed by atoms with Gasteiger partial charge in [-0.15, -0.1) is 0 Å². The summed E-state index contributed by atoms with van der Waals surface area (Å²) in [7, 11) is -3.36. The first-order valence-corrected chi connectivity index (χ1v) is 9.93. The van der Waals surface area contributed by atoms with Crippen LogP contribution in [0, 0.1) is 13.8 Å². The lowest BCUT2D eigenvalue weighted by Gasteiger charge is -2.24. The van der Waals surface area contributed by atoms with E-state index in [9.17, 15) is 13.2 Å². The molecular weight excluding hydrogens is 324 g/mol. The third kappa shape index (κ3) is 6.61. The van der Waals surface area contributed by atoms with E-state index >= 15 is 0 Å². The van der Waals surface area contributed by atoms with Crippen molar-refractivity contribution in [1.29, 1.82) is 0 Å². The molecule has 0 saturated carbocycles. The highest BCUT2D eigenvalue weighted by Gasteiger charge is 2.20. The summed E-state index contributed by atoms with van der Waals surface area (Å²) in [6.07, 6.45) is 0. The fourth-order valence-corrected chi connectivity index (χ4v) is 4.05. The molecule has 0 bridgehead atoms. The Bertz CT molecular complexity index is 676. The van der Waals surface area contributed by atoms with Gasteiger partial charge < -0.3 is 5.32 Å². The van der Waals surface area contributed by atoms with Gasteiger partial charge in [-0.25, -0.2) is 8.42 Å². The van der Waals surface area contributed by atoms with Crippen molar-refractivity contribution in [1.82, 2.24) is 10.2 Å². The largest absolute Gasteiger partial charge is 0.350 e. The van der Waals surface area contributed by atoms with Crippen molar-refractivity contribution in [3.63, 3.8) is 0 Å². The predicted molar refractivity (Wildman–Crippen MR) is 98.0 cm³/mol. The van der Waals surface area contributed by atoms with Gasteiger partial charge in [0.05, 0.1) is 17.2 Å². The zero-order chi connectivity index (χ0) is 18.5. The minimum absolute atomic E-state index is 0.00787. The highest BCUT2D eigenvalue weighted by atomic mass is 32.2. The third-order valence-corrected chi connectivity index (χ3v) is 5.51. The van der Waals surface area contributed by atoms with E-state index in [0.717, 1.165) is 11.1 Å². The first-order chi connectivity index (χ1) is 10.9. The lowest BCUT2D eigenvalue weighted by molar-refractivity contribution is -0.123. The molecule has 0 atom stereocenters. The van der Waals surface area contributed by atoms with E-state index in [0.29, 0.717) is 18.0 Å². The molecule has 0 saturated heterocycles. The van der Waals surface area contributed by atoms with Crippen molar-refractivity contribution < 1.29 is 13.2 Å². The number of carbonyl (C=O) groups excluding carboxylic acids is 1. The van der Waals surface area contributed by atoms with Gasteiger partial charge in [-0.2, -0.15) is 0 Å². The maximum Gasteiger partial charge on any atom is 0.234 e. The van der Waals surface area contributed by atoms with Crippen molar-refractivity contribution in [2.45, 2.75) is 52.0 Å². The van der Waals surface area contributed by atoms with Crippen LogP contribution >= 0.6 is 0 Å². The van der Waals surface area contributed by atoms with Gasteiger partial charge in [0.15, 0.2) is 9.84 Å². The third-order valence-electron chi connectivity index (χ3n) is 3.68. The highest BCUT2D eigenvalue weighted by molar-refractivity contribution is 7.91. The molecule has 0 fully saturated rings. The van der Waals surface area contributed by atoms with Crippen LogP contribution in [0.25, 0.3) is 0 Å². The van der Waals surface area contributed by atoms with E-state index in [2.05, 4.69) is 5.32 Å². The maximum atomic E-state index is 12.6. The Kier molecular flexibility index (Phi) is 6.98. The molecule has 1 N–H and O–H groups in total. The number of nitrogens with zero attached hydrogens (tertiary/aromatic N) is 1. The number of nitrogens with one attached hydrogen (secondary N) is 1.